The molecule has 1 fully saturated rings. The molecule has 2 aromatic rings. The zero-order valence-electron chi connectivity index (χ0n) is 12.7. The molecule has 1 saturated heterocycles. The number of nitrogens with zero attached hydrogens (tertiary/aromatic N) is 3. The summed E-state index contributed by atoms with van der Waals surface area (Å²) in [4.78, 5) is 6.19. The standard InChI is InChI=1S/C15H16F3N3O3/c16-15(17,18)24-13-3-1-11(2-4-13)23-12-5-7-21(8-6-12)9-14-19-10-22-20-14/h1-4,10,12H,5-9H2. The lowest BCUT2D eigenvalue weighted by Gasteiger charge is -2.31. The van der Waals surface area contributed by atoms with Crippen LogP contribution in [0.15, 0.2) is 35.2 Å². The molecule has 2 heterocycles. The van der Waals surface area contributed by atoms with Gasteiger partial charge >= 0.3 is 6.36 Å². The average molecular weight is 343 g/mol. The molecule has 1 aromatic carbocycles. The molecule has 0 N–H and O–H groups in total. The van der Waals surface area contributed by atoms with Crippen LogP contribution in [0.3, 0.4) is 0 Å². The lowest BCUT2D eigenvalue weighted by Crippen LogP contribution is -2.38. The van der Waals surface area contributed by atoms with Gasteiger partial charge in [0.2, 0.25) is 6.39 Å². The van der Waals surface area contributed by atoms with Crippen molar-refractivity contribution < 1.29 is 27.2 Å². The number of likely N-dealkylation sites (tertiary alicyclic amines) is 1. The highest BCUT2D eigenvalue weighted by Gasteiger charge is 2.31. The first kappa shape index (κ1) is 16.6. The summed E-state index contributed by atoms with van der Waals surface area (Å²) < 4.78 is 50.7. The van der Waals surface area contributed by atoms with E-state index >= 15 is 0 Å². The maximum atomic E-state index is 12.1. The molecule has 3 rings (SSSR count). The molecule has 0 radical (unpaired) electrons. The Hall–Kier alpha value is -2.29. The fourth-order valence-electron chi connectivity index (χ4n) is 2.56. The van der Waals surface area contributed by atoms with Gasteiger partial charge in [0.05, 0.1) is 6.54 Å². The van der Waals surface area contributed by atoms with Crippen LogP contribution >= 0.6 is 0 Å². The van der Waals surface area contributed by atoms with E-state index in [1.165, 1.54) is 30.7 Å². The van der Waals surface area contributed by atoms with E-state index in [0.29, 0.717) is 18.1 Å². The van der Waals surface area contributed by atoms with Gasteiger partial charge < -0.3 is 14.0 Å². The predicted octanol–water partition coefficient (Wildman–Crippen LogP) is 3.01. The third-order valence-electron chi connectivity index (χ3n) is 3.67. The number of hydrogen-bond acceptors (Lipinski definition) is 6. The molecular weight excluding hydrogens is 327 g/mol. The fourth-order valence-corrected chi connectivity index (χ4v) is 2.56. The summed E-state index contributed by atoms with van der Waals surface area (Å²) in [6.45, 7) is 2.29. The van der Waals surface area contributed by atoms with Crippen LogP contribution in [0.4, 0.5) is 13.2 Å². The second-order valence-electron chi connectivity index (χ2n) is 5.46. The van der Waals surface area contributed by atoms with Gasteiger partial charge in [-0.25, -0.2) is 0 Å². The smallest absolute Gasteiger partial charge is 0.490 e. The van der Waals surface area contributed by atoms with E-state index in [1.807, 2.05) is 0 Å². The van der Waals surface area contributed by atoms with E-state index in [-0.39, 0.29) is 11.9 Å². The molecule has 0 spiro atoms. The lowest BCUT2D eigenvalue weighted by atomic mass is 10.1. The van der Waals surface area contributed by atoms with E-state index in [0.717, 1.165) is 25.9 Å². The first-order valence-corrected chi connectivity index (χ1v) is 7.48. The van der Waals surface area contributed by atoms with Crippen LogP contribution in [-0.4, -0.2) is 40.6 Å². The first-order valence-electron chi connectivity index (χ1n) is 7.48. The van der Waals surface area contributed by atoms with Crippen LogP contribution in [0.5, 0.6) is 11.5 Å². The van der Waals surface area contributed by atoms with Crippen molar-refractivity contribution in [3.05, 3.63) is 36.5 Å². The Bertz CT molecular complexity index is 624. The highest BCUT2D eigenvalue weighted by molar-refractivity contribution is 5.31. The van der Waals surface area contributed by atoms with E-state index in [1.54, 1.807) is 0 Å². The molecule has 0 bridgehead atoms. The van der Waals surface area contributed by atoms with E-state index in [2.05, 4.69) is 19.8 Å². The molecule has 0 saturated carbocycles. The molecule has 9 heteroatoms. The van der Waals surface area contributed by atoms with Gasteiger partial charge in [-0.2, -0.15) is 4.98 Å². The molecule has 0 aliphatic carbocycles. The summed E-state index contributed by atoms with van der Waals surface area (Å²) in [5.41, 5.74) is 0. The second-order valence-corrected chi connectivity index (χ2v) is 5.46. The molecule has 6 nitrogen and oxygen atoms in total. The van der Waals surface area contributed by atoms with Crippen molar-refractivity contribution in [1.29, 1.82) is 0 Å². The molecule has 1 aliphatic rings. The normalized spacial score (nSPS) is 17.0. The number of piperidine rings is 1. The zero-order chi connectivity index (χ0) is 17.0. The quantitative estimate of drug-likeness (QED) is 0.832. The summed E-state index contributed by atoms with van der Waals surface area (Å²) in [6.07, 6.45) is -1.72. The summed E-state index contributed by atoms with van der Waals surface area (Å²) in [7, 11) is 0. The van der Waals surface area contributed by atoms with Gasteiger partial charge in [0, 0.05) is 13.1 Å². The van der Waals surface area contributed by atoms with Gasteiger partial charge in [0.15, 0.2) is 5.82 Å². The van der Waals surface area contributed by atoms with Gasteiger partial charge in [0.1, 0.15) is 17.6 Å². The fraction of sp³-hybridized carbons (Fsp3) is 0.467. The van der Waals surface area contributed by atoms with Gasteiger partial charge in [-0.3, -0.25) is 4.90 Å². The maximum Gasteiger partial charge on any atom is 0.573 e. The highest BCUT2D eigenvalue weighted by Crippen LogP contribution is 2.26. The molecule has 130 valence electrons. The molecule has 1 aliphatic heterocycles. The topological polar surface area (TPSA) is 60.6 Å². The largest absolute Gasteiger partial charge is 0.573 e. The molecule has 0 amide bonds. The van der Waals surface area contributed by atoms with Crippen molar-refractivity contribution in [3.63, 3.8) is 0 Å². The van der Waals surface area contributed by atoms with Gasteiger partial charge in [-0.05, 0) is 37.1 Å². The summed E-state index contributed by atoms with van der Waals surface area (Å²) >= 11 is 0. The van der Waals surface area contributed by atoms with Crippen molar-refractivity contribution in [1.82, 2.24) is 15.0 Å². The maximum absolute atomic E-state index is 12.1. The minimum absolute atomic E-state index is 0.0286. The number of hydrogen-bond donors (Lipinski definition) is 0. The second kappa shape index (κ2) is 7.08. The molecular formula is C15H16F3N3O3. The Morgan fingerprint density at radius 2 is 1.79 bits per heavy atom. The Kier molecular flexibility index (Phi) is 4.89. The molecule has 1 aromatic heterocycles. The summed E-state index contributed by atoms with van der Waals surface area (Å²) in [5.74, 6) is 0.917. The molecule has 0 atom stereocenters. The summed E-state index contributed by atoms with van der Waals surface area (Å²) in [6, 6.07) is 5.45. The number of benzene rings is 1. The number of aromatic nitrogens is 2. The van der Waals surface area contributed by atoms with E-state index in [4.69, 9.17) is 9.26 Å². The third kappa shape index (κ3) is 4.85. The van der Waals surface area contributed by atoms with Crippen LogP contribution in [0.1, 0.15) is 18.7 Å². The van der Waals surface area contributed by atoms with Crippen LogP contribution in [0.25, 0.3) is 0 Å². The minimum Gasteiger partial charge on any atom is -0.490 e. The SMILES string of the molecule is FC(F)(F)Oc1ccc(OC2CCN(Cc3ncon3)CC2)cc1. The Morgan fingerprint density at radius 3 is 2.38 bits per heavy atom. The van der Waals surface area contributed by atoms with Crippen molar-refractivity contribution in [2.75, 3.05) is 13.1 Å². The Balaban J connectivity index is 1.45. The highest BCUT2D eigenvalue weighted by atomic mass is 19.4. The third-order valence-corrected chi connectivity index (χ3v) is 3.67. The first-order chi connectivity index (χ1) is 11.5. The molecule has 0 unspecified atom stereocenters. The van der Waals surface area contributed by atoms with Crippen LogP contribution in [0, 0.1) is 0 Å². The van der Waals surface area contributed by atoms with Crippen LogP contribution in [-0.2, 0) is 6.54 Å². The van der Waals surface area contributed by atoms with Crippen molar-refractivity contribution in [2.45, 2.75) is 31.9 Å². The van der Waals surface area contributed by atoms with Crippen molar-refractivity contribution in [3.8, 4) is 11.5 Å². The van der Waals surface area contributed by atoms with Gasteiger partial charge in [-0.1, -0.05) is 5.16 Å². The Morgan fingerprint density at radius 1 is 1.12 bits per heavy atom. The van der Waals surface area contributed by atoms with Crippen molar-refractivity contribution >= 4 is 0 Å². The number of ether oxygens (including phenoxy) is 2. The van der Waals surface area contributed by atoms with E-state index < -0.39 is 6.36 Å². The van der Waals surface area contributed by atoms with Crippen LogP contribution in [0.2, 0.25) is 0 Å². The van der Waals surface area contributed by atoms with E-state index in [9.17, 15) is 13.2 Å². The Labute approximate surface area is 136 Å². The average Bonchev–Trinajstić information content (AvgIpc) is 3.03. The number of halogens is 3. The number of rotatable bonds is 5. The lowest BCUT2D eigenvalue weighted by molar-refractivity contribution is -0.274. The zero-order valence-corrected chi connectivity index (χ0v) is 12.7. The summed E-state index contributed by atoms with van der Waals surface area (Å²) in [5, 5.41) is 3.78. The predicted molar refractivity (Wildman–Crippen MR) is 76.4 cm³/mol. The molecule has 24 heavy (non-hydrogen) atoms. The number of alkyl halides is 3. The monoisotopic (exact) mass is 343 g/mol. The minimum atomic E-state index is -4.69. The van der Waals surface area contributed by atoms with Crippen molar-refractivity contribution in [2.24, 2.45) is 0 Å². The van der Waals surface area contributed by atoms with Crippen LogP contribution < -0.4 is 9.47 Å². The van der Waals surface area contributed by atoms with Gasteiger partial charge in [-0.15, -0.1) is 13.2 Å². The van der Waals surface area contributed by atoms with Gasteiger partial charge in [0.25, 0.3) is 0 Å².